The predicted octanol–water partition coefficient (Wildman–Crippen LogP) is 0.825. The number of carbonyl (C=O) groups is 2. The Balaban J connectivity index is 1.64. The maximum atomic E-state index is 11.9. The van der Waals surface area contributed by atoms with Gasteiger partial charge in [0.25, 0.3) is 5.91 Å². The molecule has 2 amide bonds. The van der Waals surface area contributed by atoms with E-state index >= 15 is 0 Å². The highest BCUT2D eigenvalue weighted by molar-refractivity contribution is 6.15. The Hall–Kier alpha value is -3.01. The van der Waals surface area contributed by atoms with Gasteiger partial charge in [-0.3, -0.25) is 14.9 Å². The minimum atomic E-state index is -0.375. The third-order valence-electron chi connectivity index (χ3n) is 4.74. The fraction of sp³-hybridized carbons (Fsp3) is 0.500. The molecule has 0 spiro atoms. The van der Waals surface area contributed by atoms with Crippen LogP contribution in [0.1, 0.15) is 31.2 Å². The zero-order chi connectivity index (χ0) is 19.5. The average Bonchev–Trinajstić information content (AvgIpc) is 3.32. The van der Waals surface area contributed by atoms with E-state index in [2.05, 4.69) is 31.0 Å². The molecule has 2 aliphatic rings. The third kappa shape index (κ3) is 4.11. The first-order chi connectivity index (χ1) is 13.6. The number of hydrogen-bond donors (Lipinski definition) is 3. The van der Waals surface area contributed by atoms with E-state index < -0.39 is 0 Å². The summed E-state index contributed by atoms with van der Waals surface area (Å²) in [6.45, 7) is 1.90. The van der Waals surface area contributed by atoms with Crippen LogP contribution in [0.15, 0.2) is 11.8 Å². The van der Waals surface area contributed by atoms with Crippen LogP contribution in [-0.4, -0.2) is 58.2 Å². The van der Waals surface area contributed by atoms with Crippen LogP contribution in [0.4, 0.5) is 11.9 Å². The number of fused-ring (bicyclic) bond motifs is 1. The van der Waals surface area contributed by atoms with Crippen LogP contribution in [0, 0.1) is 5.92 Å². The van der Waals surface area contributed by atoms with Crippen LogP contribution >= 0.6 is 0 Å². The second-order valence-electron chi connectivity index (χ2n) is 7.01. The molecule has 28 heavy (non-hydrogen) atoms. The number of aromatic nitrogens is 4. The van der Waals surface area contributed by atoms with Gasteiger partial charge in [0, 0.05) is 31.3 Å². The van der Waals surface area contributed by atoms with Crippen LogP contribution in [0.5, 0.6) is 0 Å². The maximum absolute atomic E-state index is 11.9. The van der Waals surface area contributed by atoms with Gasteiger partial charge in [-0.2, -0.15) is 19.6 Å². The molecule has 0 radical (unpaired) electrons. The second-order valence-corrected chi connectivity index (χ2v) is 7.01. The van der Waals surface area contributed by atoms with E-state index in [9.17, 15) is 9.59 Å². The fourth-order valence-corrected chi connectivity index (χ4v) is 3.06. The van der Waals surface area contributed by atoms with Crippen LogP contribution in [0.3, 0.4) is 0 Å². The molecule has 0 unspecified atom stereocenters. The molecule has 0 atom stereocenters. The SMILES string of the molecule is COCCNc1nc(NCCC2CC2)nc2c(/C=C3\CC(=O)NC3=O)cnn12. The van der Waals surface area contributed by atoms with Gasteiger partial charge in [-0.05, 0) is 18.4 Å². The Bertz CT molecular complexity index is 933. The molecule has 4 rings (SSSR count). The van der Waals surface area contributed by atoms with Gasteiger partial charge >= 0.3 is 0 Å². The fourth-order valence-electron chi connectivity index (χ4n) is 3.06. The summed E-state index contributed by atoms with van der Waals surface area (Å²) >= 11 is 0. The Morgan fingerprint density at radius 1 is 1.29 bits per heavy atom. The minimum absolute atomic E-state index is 0.0622. The maximum Gasteiger partial charge on any atom is 0.254 e. The van der Waals surface area contributed by atoms with Crippen molar-refractivity contribution in [3.8, 4) is 0 Å². The summed E-state index contributed by atoms with van der Waals surface area (Å²) < 4.78 is 6.67. The predicted molar refractivity (Wildman–Crippen MR) is 103 cm³/mol. The average molecular weight is 385 g/mol. The van der Waals surface area contributed by atoms with Gasteiger partial charge in [-0.15, -0.1) is 0 Å². The lowest BCUT2D eigenvalue weighted by Crippen LogP contribution is -2.19. The van der Waals surface area contributed by atoms with Crippen LogP contribution in [-0.2, 0) is 14.3 Å². The Morgan fingerprint density at radius 2 is 2.14 bits per heavy atom. The van der Waals surface area contributed by atoms with E-state index in [0.29, 0.717) is 41.8 Å². The highest BCUT2D eigenvalue weighted by Gasteiger charge is 2.25. The van der Waals surface area contributed by atoms with E-state index in [-0.39, 0.29) is 18.2 Å². The molecule has 10 nitrogen and oxygen atoms in total. The highest BCUT2D eigenvalue weighted by Crippen LogP contribution is 2.32. The van der Waals surface area contributed by atoms with E-state index in [1.807, 2.05) is 0 Å². The van der Waals surface area contributed by atoms with E-state index in [1.54, 1.807) is 23.9 Å². The molecule has 1 saturated heterocycles. The molecular formula is C18H23N7O3. The smallest absolute Gasteiger partial charge is 0.254 e. The summed E-state index contributed by atoms with van der Waals surface area (Å²) in [4.78, 5) is 32.4. The number of nitrogens with zero attached hydrogens (tertiary/aromatic N) is 4. The lowest BCUT2D eigenvalue weighted by atomic mass is 10.1. The minimum Gasteiger partial charge on any atom is -0.383 e. The van der Waals surface area contributed by atoms with Crippen LogP contribution in [0.25, 0.3) is 11.7 Å². The number of anilines is 2. The summed E-state index contributed by atoms with van der Waals surface area (Å²) in [6, 6.07) is 0. The molecule has 10 heteroatoms. The summed E-state index contributed by atoms with van der Waals surface area (Å²) in [6.07, 6.45) is 7.02. The lowest BCUT2D eigenvalue weighted by Gasteiger charge is -2.10. The molecule has 1 aliphatic heterocycles. The zero-order valence-corrected chi connectivity index (χ0v) is 15.7. The van der Waals surface area contributed by atoms with Crippen LogP contribution in [0.2, 0.25) is 0 Å². The van der Waals surface area contributed by atoms with Gasteiger partial charge in [0.05, 0.1) is 19.2 Å². The normalized spacial score (nSPS) is 18.1. The number of ether oxygens (including phenoxy) is 1. The van der Waals surface area contributed by atoms with Gasteiger partial charge in [-0.1, -0.05) is 12.8 Å². The molecule has 1 aliphatic carbocycles. The van der Waals surface area contributed by atoms with Gasteiger partial charge in [0.15, 0.2) is 5.65 Å². The summed E-state index contributed by atoms with van der Waals surface area (Å²) in [7, 11) is 1.63. The van der Waals surface area contributed by atoms with Crippen molar-refractivity contribution in [3.05, 3.63) is 17.3 Å². The standard InChI is InChI=1S/C18H23N7O3/c1-28-7-6-20-18-24-17(19-5-4-11-2-3-11)23-15-13(10-21-25(15)18)8-12-9-14(26)22-16(12)27/h8,10-11H,2-7,9H2,1H3,(H,22,26,27)(H2,19,20,23,24)/b12-8+. The molecular weight excluding hydrogens is 362 g/mol. The molecule has 2 aromatic heterocycles. The molecule has 1 saturated carbocycles. The molecule has 2 fully saturated rings. The van der Waals surface area contributed by atoms with E-state index in [0.717, 1.165) is 18.9 Å². The topological polar surface area (TPSA) is 123 Å². The highest BCUT2D eigenvalue weighted by atomic mass is 16.5. The van der Waals surface area contributed by atoms with Crippen molar-refractivity contribution < 1.29 is 14.3 Å². The Morgan fingerprint density at radius 3 is 2.86 bits per heavy atom. The molecule has 2 aromatic rings. The van der Waals surface area contributed by atoms with Gasteiger partial charge in [-0.25, -0.2) is 0 Å². The first-order valence-electron chi connectivity index (χ1n) is 9.41. The number of carbonyl (C=O) groups excluding carboxylic acids is 2. The molecule has 3 N–H and O–H groups in total. The van der Waals surface area contributed by atoms with Gasteiger partial charge in [0.2, 0.25) is 17.8 Å². The molecule has 0 aromatic carbocycles. The van der Waals surface area contributed by atoms with Crippen molar-refractivity contribution in [3.63, 3.8) is 0 Å². The van der Waals surface area contributed by atoms with Crippen molar-refractivity contribution in [1.82, 2.24) is 24.9 Å². The van der Waals surface area contributed by atoms with E-state index in [1.165, 1.54) is 12.8 Å². The summed E-state index contributed by atoms with van der Waals surface area (Å²) in [5.41, 5.74) is 1.61. The first-order valence-corrected chi connectivity index (χ1v) is 9.41. The first kappa shape index (κ1) is 18.4. The second kappa shape index (κ2) is 7.93. The lowest BCUT2D eigenvalue weighted by molar-refractivity contribution is -0.124. The number of rotatable bonds is 9. The third-order valence-corrected chi connectivity index (χ3v) is 4.74. The number of amides is 2. The molecule has 148 valence electrons. The summed E-state index contributed by atoms with van der Waals surface area (Å²) in [5, 5.41) is 13.1. The quantitative estimate of drug-likeness (QED) is 0.329. The number of hydrogen-bond acceptors (Lipinski definition) is 8. The molecule has 0 bridgehead atoms. The largest absolute Gasteiger partial charge is 0.383 e. The van der Waals surface area contributed by atoms with Crippen molar-refractivity contribution in [2.24, 2.45) is 5.92 Å². The van der Waals surface area contributed by atoms with Crippen molar-refractivity contribution >= 4 is 35.4 Å². The van der Waals surface area contributed by atoms with Crippen LogP contribution < -0.4 is 16.0 Å². The van der Waals surface area contributed by atoms with E-state index in [4.69, 9.17) is 4.74 Å². The van der Waals surface area contributed by atoms with Crippen molar-refractivity contribution in [1.29, 1.82) is 0 Å². The van der Waals surface area contributed by atoms with Gasteiger partial charge in [0.1, 0.15) is 0 Å². The van der Waals surface area contributed by atoms with Crippen molar-refractivity contribution in [2.75, 3.05) is 37.4 Å². The number of imide groups is 1. The number of nitrogens with one attached hydrogen (secondary N) is 3. The zero-order valence-electron chi connectivity index (χ0n) is 15.7. The summed E-state index contributed by atoms with van der Waals surface area (Å²) in [5.74, 6) is 1.17. The van der Waals surface area contributed by atoms with Gasteiger partial charge < -0.3 is 15.4 Å². The number of methoxy groups -OCH3 is 1. The Kier molecular flexibility index (Phi) is 5.20. The van der Waals surface area contributed by atoms with Crippen molar-refractivity contribution in [2.45, 2.75) is 25.7 Å². The monoisotopic (exact) mass is 385 g/mol. The molecule has 3 heterocycles. The Labute approximate surface area is 161 Å².